The number of hydrogen-bond acceptors (Lipinski definition) is 2. The Labute approximate surface area is 28.1 Å². The molecular formula is H2O2P2. The molecule has 0 bridgehead atoms. The highest BCUT2D eigenvalue weighted by atomic mass is 31.1. The molecule has 0 N–H and O–H groups in total. The molecule has 0 fully saturated rings. The fourth-order valence-corrected chi connectivity index (χ4v) is 0. The van der Waals surface area contributed by atoms with Crippen molar-refractivity contribution in [2.24, 2.45) is 0 Å². The van der Waals surface area contributed by atoms with Crippen LogP contribution in [0.25, 0.3) is 0 Å². The summed E-state index contributed by atoms with van der Waals surface area (Å²) in [6, 6.07) is 0. The van der Waals surface area contributed by atoms with E-state index in [1.54, 1.807) is 0 Å². The standard InChI is InChI=1S/H2O2P2/c1-4-2-3/h3H2. The van der Waals surface area contributed by atoms with Crippen molar-refractivity contribution >= 4 is 18.2 Å². The van der Waals surface area contributed by atoms with Gasteiger partial charge in [-0.3, -0.25) is 4.31 Å². The quantitative estimate of drug-likeness (QED) is 0.455. The summed E-state index contributed by atoms with van der Waals surface area (Å²) < 4.78 is 12.9. The lowest BCUT2D eigenvalue weighted by molar-refractivity contribution is 0.552. The molecule has 0 radical (unpaired) electrons. The van der Waals surface area contributed by atoms with Gasteiger partial charge in [0.25, 0.3) is 0 Å². The van der Waals surface area contributed by atoms with E-state index < -0.39 is 0 Å². The van der Waals surface area contributed by atoms with Crippen LogP contribution in [0.3, 0.4) is 0 Å². The van der Waals surface area contributed by atoms with Gasteiger partial charge in [-0.15, -0.1) is 0 Å². The molecule has 0 saturated heterocycles. The molecular weight excluding hydrogens is 93.9 g/mol. The lowest BCUT2D eigenvalue weighted by atomic mass is 15.8. The Morgan fingerprint density at radius 2 is 2.25 bits per heavy atom. The van der Waals surface area contributed by atoms with Crippen molar-refractivity contribution in [1.82, 2.24) is 0 Å². The van der Waals surface area contributed by atoms with Gasteiger partial charge in [-0.05, 0) is 0 Å². The van der Waals surface area contributed by atoms with E-state index in [1.807, 2.05) is 9.47 Å². The van der Waals surface area contributed by atoms with Gasteiger partial charge in [0.05, 0.1) is 0 Å². The lowest BCUT2D eigenvalue weighted by Crippen LogP contribution is -1.19. The zero-order valence-corrected chi connectivity index (χ0v) is 3.89. The smallest absolute Gasteiger partial charge is 0.278 e. The van der Waals surface area contributed by atoms with Crippen LogP contribution >= 0.6 is 18.2 Å². The topological polar surface area (TPSA) is 26.3 Å². The third kappa shape index (κ3) is 2.49. The Kier molecular flexibility index (Phi) is 3.92. The molecule has 24 valence electrons. The molecule has 1 unspecified atom stereocenters. The minimum absolute atomic E-state index is 0.289. The molecule has 0 aromatic rings. The summed E-state index contributed by atoms with van der Waals surface area (Å²) in [5, 5.41) is 0. The molecule has 0 aliphatic rings. The van der Waals surface area contributed by atoms with Crippen molar-refractivity contribution in [2.75, 3.05) is 0 Å². The normalized spacial score (nSPS) is 8.25. The van der Waals surface area contributed by atoms with Crippen LogP contribution in [0.15, 0.2) is 0 Å². The Balaban J connectivity index is 2.30. The number of hydrogen-bond donors (Lipinski definition) is 0. The van der Waals surface area contributed by atoms with Gasteiger partial charge < -0.3 is 0 Å². The molecule has 0 spiro atoms. The summed E-state index contributed by atoms with van der Waals surface area (Å²) in [5.41, 5.74) is 0. The Bertz CT molecular complexity index is 18.0. The molecule has 4 heteroatoms. The van der Waals surface area contributed by atoms with Gasteiger partial charge in [0.15, 0.2) is 0 Å². The molecule has 0 heterocycles. The van der Waals surface area contributed by atoms with Crippen LogP contribution < -0.4 is 0 Å². The van der Waals surface area contributed by atoms with Crippen LogP contribution in [0.2, 0.25) is 0 Å². The summed E-state index contributed by atoms with van der Waals surface area (Å²) >= 11 is 0. The highest BCUT2D eigenvalue weighted by molar-refractivity contribution is 7.29. The van der Waals surface area contributed by atoms with Crippen LogP contribution in [0.1, 0.15) is 0 Å². The highest BCUT2D eigenvalue weighted by Crippen LogP contribution is 1.98. The monoisotopic (exact) mass is 96.0 g/mol. The van der Waals surface area contributed by atoms with Gasteiger partial charge in [0, 0.05) is 9.47 Å². The average molecular weight is 96.0 g/mol. The van der Waals surface area contributed by atoms with Crippen molar-refractivity contribution in [3.05, 3.63) is 0 Å². The molecule has 0 amide bonds. The zero-order chi connectivity index (χ0) is 3.41. The minimum atomic E-state index is -0.289. The molecule has 1 atom stereocenters. The molecule has 0 aliphatic carbocycles. The Morgan fingerprint density at radius 3 is 2.25 bits per heavy atom. The molecule has 0 saturated carbocycles. The molecule has 0 aliphatic heterocycles. The second kappa shape index (κ2) is 3.49. The van der Waals surface area contributed by atoms with Crippen molar-refractivity contribution < 1.29 is 8.88 Å². The zero-order valence-electron chi connectivity index (χ0n) is 1.84. The van der Waals surface area contributed by atoms with E-state index in [4.69, 9.17) is 4.57 Å². The molecule has 0 aromatic carbocycles. The maximum atomic E-state index is 9.03. The van der Waals surface area contributed by atoms with Gasteiger partial charge >= 0.3 is 8.69 Å². The van der Waals surface area contributed by atoms with Gasteiger partial charge in [-0.2, -0.15) is 0 Å². The van der Waals surface area contributed by atoms with E-state index in [0.29, 0.717) is 0 Å². The van der Waals surface area contributed by atoms with E-state index in [1.165, 1.54) is 0 Å². The van der Waals surface area contributed by atoms with Crippen LogP contribution in [-0.2, 0) is 8.88 Å². The van der Waals surface area contributed by atoms with E-state index in [-0.39, 0.29) is 8.69 Å². The first-order valence-corrected chi connectivity index (χ1v) is 1.80. The fourth-order valence-electron chi connectivity index (χ4n) is 0. The summed E-state index contributed by atoms with van der Waals surface area (Å²) in [7, 11) is 1.54. The second-order valence-electron chi connectivity index (χ2n) is 0.180. The van der Waals surface area contributed by atoms with Crippen LogP contribution in [0.4, 0.5) is 0 Å². The van der Waals surface area contributed by atoms with Crippen LogP contribution in [0.5, 0.6) is 0 Å². The first-order valence-electron chi connectivity index (χ1n) is 0.601. The van der Waals surface area contributed by atoms with E-state index in [9.17, 15) is 0 Å². The third-order valence-electron chi connectivity index (χ3n) is 0.0430. The van der Waals surface area contributed by atoms with Crippen molar-refractivity contribution in [3.63, 3.8) is 0 Å². The maximum Gasteiger partial charge on any atom is 0.330 e. The Hall–Kier alpha value is 0.490. The summed E-state index contributed by atoms with van der Waals surface area (Å²) in [6.07, 6.45) is 0. The van der Waals surface area contributed by atoms with E-state index in [2.05, 4.69) is 4.31 Å². The predicted molar refractivity (Wildman–Crippen MR) is 18.4 cm³/mol. The molecule has 4 heavy (non-hydrogen) atoms. The van der Waals surface area contributed by atoms with Crippen molar-refractivity contribution in [1.29, 1.82) is 0 Å². The summed E-state index contributed by atoms with van der Waals surface area (Å²) in [4.78, 5) is 0. The van der Waals surface area contributed by atoms with Gasteiger partial charge in [0.1, 0.15) is 0 Å². The molecule has 0 rings (SSSR count). The van der Waals surface area contributed by atoms with Gasteiger partial charge in [-0.1, -0.05) is 0 Å². The fraction of sp³-hybridized carbons (Fsp3) is 0. The molecule has 0 aromatic heterocycles. The van der Waals surface area contributed by atoms with E-state index in [0.717, 1.165) is 0 Å². The van der Waals surface area contributed by atoms with Gasteiger partial charge in [-0.25, -0.2) is 4.57 Å². The first-order chi connectivity index (χ1) is 1.91. The van der Waals surface area contributed by atoms with Crippen molar-refractivity contribution in [3.8, 4) is 0 Å². The van der Waals surface area contributed by atoms with E-state index >= 15 is 0 Å². The molecule has 2 nitrogen and oxygen atoms in total. The maximum absolute atomic E-state index is 9.03. The Morgan fingerprint density at radius 1 is 2.00 bits per heavy atom. The second-order valence-corrected chi connectivity index (χ2v) is 1.17. The third-order valence-corrected chi connectivity index (χ3v) is 0.387. The summed E-state index contributed by atoms with van der Waals surface area (Å²) in [5.74, 6) is 0. The average Bonchev–Trinajstić information content (AvgIpc) is 1.37. The SMILES string of the molecule is O=POP. The predicted octanol–water partition coefficient (Wildman–Crippen LogP) is 1.000. The summed E-state index contributed by atoms with van der Waals surface area (Å²) in [6.45, 7) is 0. The van der Waals surface area contributed by atoms with Crippen LogP contribution in [-0.4, -0.2) is 0 Å². The largest absolute Gasteiger partial charge is 0.330 e. The highest BCUT2D eigenvalue weighted by Gasteiger charge is 1.51. The van der Waals surface area contributed by atoms with Crippen LogP contribution in [0, 0.1) is 0 Å². The lowest BCUT2D eigenvalue weighted by Gasteiger charge is -1.57. The number of rotatable bonds is 1. The van der Waals surface area contributed by atoms with Gasteiger partial charge in [0.2, 0.25) is 0 Å². The first kappa shape index (κ1) is 4.49. The van der Waals surface area contributed by atoms with Crippen molar-refractivity contribution in [2.45, 2.75) is 0 Å². The minimum Gasteiger partial charge on any atom is -0.278 e.